The fraction of sp³-hybridized carbons (Fsp3) is 0.600. The van der Waals surface area contributed by atoms with Gasteiger partial charge in [-0.1, -0.05) is 38.8 Å². The molecule has 0 heterocycles. The third kappa shape index (κ3) is 4.40. The summed E-state index contributed by atoms with van der Waals surface area (Å²) in [6.45, 7) is 4.75. The van der Waals surface area contributed by atoms with Crippen molar-refractivity contribution in [2.45, 2.75) is 39.5 Å². The Hall–Kier alpha value is -1.23. The van der Waals surface area contributed by atoms with Gasteiger partial charge in [0.05, 0.1) is 11.5 Å². The molecule has 0 saturated carbocycles. The number of rotatable bonds is 9. The first-order valence-corrected chi connectivity index (χ1v) is 7.69. The average molecular weight is 297 g/mol. The molecule has 0 atom stereocenters. The van der Waals surface area contributed by atoms with Crippen molar-refractivity contribution in [1.82, 2.24) is 0 Å². The van der Waals surface area contributed by atoms with Gasteiger partial charge in [0.15, 0.2) is 5.75 Å². The Morgan fingerprint density at radius 3 is 2.35 bits per heavy atom. The van der Waals surface area contributed by atoms with E-state index < -0.39 is 4.92 Å². The Morgan fingerprint density at radius 2 is 1.85 bits per heavy atom. The lowest BCUT2D eigenvalue weighted by atomic mass is 9.82. The van der Waals surface area contributed by atoms with Crippen molar-refractivity contribution in [3.63, 3.8) is 0 Å². The maximum atomic E-state index is 11.0. The summed E-state index contributed by atoms with van der Waals surface area (Å²) >= 11 is 4.47. The Labute approximate surface area is 126 Å². The molecular formula is C15H23NO3S. The van der Waals surface area contributed by atoms with Crippen molar-refractivity contribution in [3.8, 4) is 5.75 Å². The lowest BCUT2D eigenvalue weighted by Crippen LogP contribution is -2.30. The number of nitro benzene ring substituents is 1. The maximum absolute atomic E-state index is 11.0. The van der Waals surface area contributed by atoms with Crippen LogP contribution in [0.15, 0.2) is 24.3 Å². The fourth-order valence-electron chi connectivity index (χ4n) is 2.49. The molecule has 112 valence electrons. The summed E-state index contributed by atoms with van der Waals surface area (Å²) in [5.41, 5.74) is 0.0182. The fourth-order valence-corrected chi connectivity index (χ4v) is 2.90. The zero-order valence-corrected chi connectivity index (χ0v) is 13.1. The molecular weight excluding hydrogens is 274 g/mol. The normalized spacial score (nSPS) is 11.3. The number of hydrogen-bond donors (Lipinski definition) is 1. The van der Waals surface area contributed by atoms with Gasteiger partial charge in [-0.25, -0.2) is 0 Å². The minimum Gasteiger partial charge on any atom is -0.486 e. The molecule has 0 aliphatic rings. The second-order valence-corrected chi connectivity index (χ2v) is 5.49. The molecule has 20 heavy (non-hydrogen) atoms. The highest BCUT2D eigenvalue weighted by Crippen LogP contribution is 2.34. The Balaban J connectivity index is 2.84. The second-order valence-electron chi connectivity index (χ2n) is 5.17. The quantitative estimate of drug-likeness (QED) is 0.415. The van der Waals surface area contributed by atoms with Crippen LogP contribution in [0.4, 0.5) is 5.69 Å². The summed E-state index contributed by atoms with van der Waals surface area (Å²) in [4.78, 5) is 10.6. The summed E-state index contributed by atoms with van der Waals surface area (Å²) in [5.74, 6) is 1.07. The summed E-state index contributed by atoms with van der Waals surface area (Å²) in [6, 6.07) is 6.52. The number of benzene rings is 1. The second kappa shape index (κ2) is 8.15. The van der Waals surface area contributed by atoms with Crippen molar-refractivity contribution >= 4 is 18.3 Å². The number of hydrogen-bond acceptors (Lipinski definition) is 4. The maximum Gasteiger partial charge on any atom is 0.310 e. The molecule has 0 radical (unpaired) electrons. The monoisotopic (exact) mass is 297 g/mol. The Bertz CT molecular complexity index is 431. The number of nitro groups is 1. The lowest BCUT2D eigenvalue weighted by Gasteiger charge is -2.31. The molecule has 0 aliphatic heterocycles. The van der Waals surface area contributed by atoms with Crippen LogP contribution in [-0.2, 0) is 0 Å². The molecule has 5 heteroatoms. The molecule has 0 fully saturated rings. The number of thiol groups is 1. The first kappa shape index (κ1) is 16.8. The van der Waals surface area contributed by atoms with E-state index in [9.17, 15) is 10.1 Å². The van der Waals surface area contributed by atoms with Gasteiger partial charge in [0.2, 0.25) is 0 Å². The molecule has 0 amide bonds. The first-order valence-electron chi connectivity index (χ1n) is 7.05. The molecule has 1 aromatic rings. The summed E-state index contributed by atoms with van der Waals surface area (Å²) < 4.78 is 5.77. The van der Waals surface area contributed by atoms with E-state index in [1.54, 1.807) is 18.2 Å². The third-order valence-corrected chi connectivity index (χ3v) is 4.16. The van der Waals surface area contributed by atoms with Crippen molar-refractivity contribution in [1.29, 1.82) is 0 Å². The lowest BCUT2D eigenvalue weighted by molar-refractivity contribution is -0.386. The Morgan fingerprint density at radius 1 is 1.25 bits per heavy atom. The van der Waals surface area contributed by atoms with Crippen LogP contribution in [0.2, 0.25) is 0 Å². The molecule has 1 aromatic carbocycles. The Kier molecular flexibility index (Phi) is 6.85. The van der Waals surface area contributed by atoms with Crippen molar-refractivity contribution in [2.75, 3.05) is 12.4 Å². The molecule has 0 bridgehead atoms. The molecule has 0 spiro atoms. The summed E-state index contributed by atoms with van der Waals surface area (Å²) in [5, 5.41) is 11.0. The highest BCUT2D eigenvalue weighted by Gasteiger charge is 2.29. The van der Waals surface area contributed by atoms with E-state index in [0.717, 1.165) is 31.4 Å². The highest BCUT2D eigenvalue weighted by molar-refractivity contribution is 7.80. The van der Waals surface area contributed by atoms with Crippen LogP contribution in [0.1, 0.15) is 39.5 Å². The zero-order chi connectivity index (χ0) is 15.0. The molecule has 4 nitrogen and oxygen atoms in total. The first-order chi connectivity index (χ1) is 9.58. The topological polar surface area (TPSA) is 52.4 Å². The van der Waals surface area contributed by atoms with E-state index >= 15 is 0 Å². The summed E-state index contributed by atoms with van der Waals surface area (Å²) in [7, 11) is 0. The highest BCUT2D eigenvalue weighted by atomic mass is 32.1. The smallest absolute Gasteiger partial charge is 0.310 e. The average Bonchev–Trinajstić information content (AvgIpc) is 2.45. The standard InChI is InChI=1S/C15H23NO3S/c1-3-9-15(12-20,10-4-2)11-19-14-8-6-5-7-13(14)16(17)18/h5-8,20H,3-4,9-12H2,1-2H3. The van der Waals surface area contributed by atoms with Crippen molar-refractivity contribution in [2.24, 2.45) is 5.41 Å². The number of nitrogens with zero attached hydrogens (tertiary/aromatic N) is 1. The van der Waals surface area contributed by atoms with E-state index in [4.69, 9.17) is 4.74 Å². The summed E-state index contributed by atoms with van der Waals surface area (Å²) in [6.07, 6.45) is 4.15. The van der Waals surface area contributed by atoms with Crippen LogP contribution in [0.5, 0.6) is 5.75 Å². The van der Waals surface area contributed by atoms with Crippen LogP contribution in [-0.4, -0.2) is 17.3 Å². The number of para-hydroxylation sites is 2. The largest absolute Gasteiger partial charge is 0.486 e. The minimum atomic E-state index is -0.405. The molecule has 1 rings (SSSR count). The van der Waals surface area contributed by atoms with Gasteiger partial charge in [0.25, 0.3) is 0 Å². The van der Waals surface area contributed by atoms with Gasteiger partial charge in [-0.05, 0) is 24.7 Å². The van der Waals surface area contributed by atoms with Crippen LogP contribution < -0.4 is 4.74 Å². The van der Waals surface area contributed by atoms with E-state index in [1.165, 1.54) is 6.07 Å². The van der Waals surface area contributed by atoms with Crippen LogP contribution >= 0.6 is 12.6 Å². The van der Waals surface area contributed by atoms with E-state index in [1.807, 2.05) is 0 Å². The molecule has 0 aromatic heterocycles. The predicted octanol–water partition coefficient (Wildman–Crippen LogP) is 4.49. The van der Waals surface area contributed by atoms with Crippen LogP contribution in [0, 0.1) is 15.5 Å². The van der Waals surface area contributed by atoms with Gasteiger partial charge in [0, 0.05) is 11.5 Å². The van der Waals surface area contributed by atoms with E-state index in [0.29, 0.717) is 12.4 Å². The molecule has 0 aliphatic carbocycles. The van der Waals surface area contributed by atoms with Gasteiger partial charge in [-0.15, -0.1) is 0 Å². The molecule has 0 N–H and O–H groups in total. The zero-order valence-electron chi connectivity index (χ0n) is 12.2. The molecule has 0 unspecified atom stereocenters. The van der Waals surface area contributed by atoms with Gasteiger partial charge in [-0.2, -0.15) is 12.6 Å². The van der Waals surface area contributed by atoms with Gasteiger partial charge in [-0.3, -0.25) is 10.1 Å². The van der Waals surface area contributed by atoms with Gasteiger partial charge >= 0.3 is 5.69 Å². The SMILES string of the molecule is CCCC(CS)(CCC)COc1ccccc1[N+](=O)[O-]. The minimum absolute atomic E-state index is 0.00365. The van der Waals surface area contributed by atoms with Gasteiger partial charge in [0.1, 0.15) is 0 Å². The van der Waals surface area contributed by atoms with Crippen LogP contribution in [0.25, 0.3) is 0 Å². The predicted molar refractivity (Wildman–Crippen MR) is 84.7 cm³/mol. The van der Waals surface area contributed by atoms with E-state index in [-0.39, 0.29) is 11.1 Å². The number of ether oxygens (including phenoxy) is 1. The van der Waals surface area contributed by atoms with E-state index in [2.05, 4.69) is 26.5 Å². The van der Waals surface area contributed by atoms with Crippen molar-refractivity contribution < 1.29 is 9.66 Å². The third-order valence-electron chi connectivity index (χ3n) is 3.49. The van der Waals surface area contributed by atoms with Crippen LogP contribution in [0.3, 0.4) is 0 Å². The van der Waals surface area contributed by atoms with Gasteiger partial charge < -0.3 is 4.74 Å². The molecule has 0 saturated heterocycles. The van der Waals surface area contributed by atoms with Crippen molar-refractivity contribution in [3.05, 3.63) is 34.4 Å².